The second-order valence-electron chi connectivity index (χ2n) is 5.11. The van der Waals surface area contributed by atoms with Crippen LogP contribution in [0.15, 0.2) is 36.4 Å². The van der Waals surface area contributed by atoms with Gasteiger partial charge in [0.1, 0.15) is 0 Å². The topological polar surface area (TPSA) is 108 Å². The molecule has 1 aliphatic rings. The average molecular weight is 343 g/mol. The monoisotopic (exact) mass is 343 g/mol. The molecule has 0 aliphatic carbocycles. The molecule has 128 valence electrons. The third-order valence-corrected chi connectivity index (χ3v) is 3.60. The molecule has 2 aromatic rings. The van der Waals surface area contributed by atoms with Crippen molar-refractivity contribution >= 4 is 17.5 Å². The van der Waals surface area contributed by atoms with Crippen molar-refractivity contribution in [2.24, 2.45) is 0 Å². The van der Waals surface area contributed by atoms with Gasteiger partial charge in [0.05, 0.1) is 23.7 Å². The fourth-order valence-corrected chi connectivity index (χ4v) is 2.33. The number of phenols is 1. The molecule has 0 saturated heterocycles. The Balaban J connectivity index is 1.91. The van der Waals surface area contributed by atoms with Crippen molar-refractivity contribution < 1.29 is 29.0 Å². The average Bonchev–Trinajstić information content (AvgIpc) is 3.06. The van der Waals surface area contributed by atoms with E-state index in [9.17, 15) is 20.0 Å². The molecule has 0 amide bonds. The summed E-state index contributed by atoms with van der Waals surface area (Å²) in [7, 11) is 1.37. The van der Waals surface area contributed by atoms with Crippen LogP contribution in [0.4, 0.5) is 5.69 Å². The van der Waals surface area contributed by atoms with Crippen molar-refractivity contribution in [3.63, 3.8) is 0 Å². The van der Waals surface area contributed by atoms with Crippen LogP contribution in [0, 0.1) is 10.1 Å². The van der Waals surface area contributed by atoms with Gasteiger partial charge >= 0.3 is 0 Å². The predicted octanol–water partition coefficient (Wildman–Crippen LogP) is 2.93. The first-order chi connectivity index (χ1) is 12.0. The van der Waals surface area contributed by atoms with E-state index in [0.717, 1.165) is 0 Å². The first kappa shape index (κ1) is 16.3. The molecule has 8 nitrogen and oxygen atoms in total. The van der Waals surface area contributed by atoms with Gasteiger partial charge in [0.2, 0.25) is 6.79 Å². The highest BCUT2D eigenvalue weighted by Gasteiger charge is 2.22. The number of aromatic hydroxyl groups is 1. The zero-order chi connectivity index (χ0) is 18.0. The first-order valence-corrected chi connectivity index (χ1v) is 7.17. The number of nitro benzene ring substituents is 1. The highest BCUT2D eigenvalue weighted by atomic mass is 16.7. The van der Waals surface area contributed by atoms with E-state index in [1.54, 1.807) is 0 Å². The van der Waals surface area contributed by atoms with Gasteiger partial charge in [-0.15, -0.1) is 0 Å². The number of ketones is 1. The molecule has 0 unspecified atom stereocenters. The Kier molecular flexibility index (Phi) is 4.25. The van der Waals surface area contributed by atoms with Crippen LogP contribution in [0.5, 0.6) is 23.0 Å². The summed E-state index contributed by atoms with van der Waals surface area (Å²) in [4.78, 5) is 22.9. The molecule has 0 radical (unpaired) electrons. The lowest BCUT2D eigenvalue weighted by molar-refractivity contribution is -0.385. The van der Waals surface area contributed by atoms with Gasteiger partial charge in [0.15, 0.2) is 28.8 Å². The number of nitrogens with zero attached hydrogens (tertiary/aromatic N) is 1. The van der Waals surface area contributed by atoms with Crippen LogP contribution in [-0.4, -0.2) is 29.7 Å². The Morgan fingerprint density at radius 1 is 1.28 bits per heavy atom. The van der Waals surface area contributed by atoms with E-state index in [2.05, 4.69) is 0 Å². The number of allylic oxidation sites excluding steroid dienone is 1. The number of hydrogen-bond donors (Lipinski definition) is 1. The lowest BCUT2D eigenvalue weighted by Gasteiger charge is -2.04. The van der Waals surface area contributed by atoms with Crippen molar-refractivity contribution in [2.75, 3.05) is 13.9 Å². The SMILES string of the molecule is COc1cc(C(=O)/C=C/c2cc3c(cc2[N+](=O)[O-])OCO3)ccc1O. The molecule has 25 heavy (non-hydrogen) atoms. The maximum atomic E-state index is 12.3. The lowest BCUT2D eigenvalue weighted by Crippen LogP contribution is -1.96. The van der Waals surface area contributed by atoms with E-state index in [4.69, 9.17) is 14.2 Å². The summed E-state index contributed by atoms with van der Waals surface area (Å²) in [5, 5.41) is 20.8. The summed E-state index contributed by atoms with van der Waals surface area (Å²) in [5.74, 6) is 0.343. The fraction of sp³-hybridized carbons (Fsp3) is 0.118. The molecule has 2 aromatic carbocycles. The predicted molar refractivity (Wildman–Crippen MR) is 87.2 cm³/mol. The molecule has 1 aliphatic heterocycles. The molecular formula is C17H13NO7. The Morgan fingerprint density at radius 3 is 2.68 bits per heavy atom. The largest absolute Gasteiger partial charge is 0.504 e. The van der Waals surface area contributed by atoms with Crippen molar-refractivity contribution in [3.05, 3.63) is 57.6 Å². The molecule has 0 aromatic heterocycles. The third-order valence-electron chi connectivity index (χ3n) is 3.60. The Hall–Kier alpha value is -3.55. The van der Waals surface area contributed by atoms with Gasteiger partial charge in [0.25, 0.3) is 5.69 Å². The second-order valence-corrected chi connectivity index (χ2v) is 5.11. The van der Waals surface area contributed by atoms with Crippen LogP contribution in [0.2, 0.25) is 0 Å². The molecular weight excluding hydrogens is 330 g/mol. The van der Waals surface area contributed by atoms with Crippen LogP contribution in [0.3, 0.4) is 0 Å². The summed E-state index contributed by atoms with van der Waals surface area (Å²) in [6.07, 6.45) is 2.54. The Morgan fingerprint density at radius 2 is 2.00 bits per heavy atom. The smallest absolute Gasteiger partial charge is 0.280 e. The zero-order valence-electron chi connectivity index (χ0n) is 13.1. The molecule has 3 rings (SSSR count). The van der Waals surface area contributed by atoms with Gasteiger partial charge in [-0.25, -0.2) is 0 Å². The summed E-state index contributed by atoms with van der Waals surface area (Å²) in [6, 6.07) is 6.86. The molecule has 1 N–H and O–H groups in total. The number of nitro groups is 1. The molecule has 0 fully saturated rings. The Bertz CT molecular complexity index is 889. The van der Waals surface area contributed by atoms with E-state index in [0.29, 0.717) is 11.5 Å². The number of fused-ring (bicyclic) bond motifs is 1. The highest BCUT2D eigenvalue weighted by Crippen LogP contribution is 2.38. The van der Waals surface area contributed by atoms with E-state index in [1.165, 1.54) is 49.6 Å². The van der Waals surface area contributed by atoms with Gasteiger partial charge in [-0.05, 0) is 36.4 Å². The summed E-state index contributed by atoms with van der Waals surface area (Å²) in [6.45, 7) is -0.00805. The minimum atomic E-state index is -0.560. The first-order valence-electron chi connectivity index (χ1n) is 7.17. The molecule has 0 saturated carbocycles. The van der Waals surface area contributed by atoms with E-state index < -0.39 is 10.7 Å². The summed E-state index contributed by atoms with van der Waals surface area (Å²) >= 11 is 0. The second kappa shape index (κ2) is 6.52. The summed E-state index contributed by atoms with van der Waals surface area (Å²) < 4.78 is 15.3. The van der Waals surface area contributed by atoms with Crippen LogP contribution < -0.4 is 14.2 Å². The van der Waals surface area contributed by atoms with Crippen molar-refractivity contribution in [1.82, 2.24) is 0 Å². The van der Waals surface area contributed by atoms with E-state index in [1.807, 2.05) is 0 Å². The van der Waals surface area contributed by atoms with Gasteiger partial charge in [-0.2, -0.15) is 0 Å². The maximum Gasteiger partial charge on any atom is 0.280 e. The quantitative estimate of drug-likeness (QED) is 0.385. The molecule has 0 spiro atoms. The number of benzene rings is 2. The number of hydrogen-bond acceptors (Lipinski definition) is 7. The third kappa shape index (κ3) is 3.23. The summed E-state index contributed by atoms with van der Waals surface area (Å²) in [5.41, 5.74) is 0.291. The van der Waals surface area contributed by atoms with Crippen LogP contribution in [-0.2, 0) is 0 Å². The number of phenolic OH excluding ortho intramolecular Hbond substituents is 1. The fourth-order valence-electron chi connectivity index (χ4n) is 2.33. The highest BCUT2D eigenvalue weighted by molar-refractivity contribution is 6.07. The number of carbonyl (C=O) groups is 1. The minimum Gasteiger partial charge on any atom is -0.504 e. The molecule has 8 heteroatoms. The van der Waals surface area contributed by atoms with Crippen molar-refractivity contribution in [3.8, 4) is 23.0 Å². The number of carbonyl (C=O) groups excluding carboxylic acids is 1. The van der Waals surface area contributed by atoms with Crippen molar-refractivity contribution in [1.29, 1.82) is 0 Å². The van der Waals surface area contributed by atoms with Gasteiger partial charge in [-0.1, -0.05) is 0 Å². The minimum absolute atomic E-state index is 0.00805. The molecule has 0 atom stereocenters. The van der Waals surface area contributed by atoms with E-state index in [-0.39, 0.29) is 35.1 Å². The maximum absolute atomic E-state index is 12.3. The number of methoxy groups -OCH3 is 1. The number of rotatable bonds is 5. The van der Waals surface area contributed by atoms with Crippen LogP contribution in [0.1, 0.15) is 15.9 Å². The zero-order valence-corrected chi connectivity index (χ0v) is 13.1. The normalized spacial score (nSPS) is 12.4. The van der Waals surface area contributed by atoms with Crippen molar-refractivity contribution in [2.45, 2.75) is 0 Å². The molecule has 0 bridgehead atoms. The van der Waals surface area contributed by atoms with Crippen LogP contribution >= 0.6 is 0 Å². The lowest BCUT2D eigenvalue weighted by atomic mass is 10.1. The van der Waals surface area contributed by atoms with Crippen LogP contribution in [0.25, 0.3) is 6.08 Å². The standard InChI is InChI=1S/C17H13NO7/c1-23-15-7-11(3-5-14(15)20)13(19)4-2-10-6-16-17(25-9-24-16)8-12(10)18(21)22/h2-8,20H,9H2,1H3/b4-2+. The van der Waals surface area contributed by atoms with Gasteiger partial charge in [-0.3, -0.25) is 14.9 Å². The van der Waals surface area contributed by atoms with Gasteiger partial charge in [0, 0.05) is 5.56 Å². The Labute approximate surface area is 142 Å². The van der Waals surface area contributed by atoms with Gasteiger partial charge < -0.3 is 19.3 Å². The number of ether oxygens (including phenoxy) is 3. The molecule has 1 heterocycles. The van der Waals surface area contributed by atoms with E-state index >= 15 is 0 Å².